The van der Waals surface area contributed by atoms with Gasteiger partial charge in [0.2, 0.25) is 5.91 Å². The highest BCUT2D eigenvalue weighted by atomic mass is 32.2. The number of carbonyl (C=O) groups is 3. The molecule has 11 heteroatoms. The molecule has 0 saturated carbocycles. The molecule has 152 valence electrons. The number of rotatable bonds is 4. The van der Waals surface area contributed by atoms with E-state index in [0.717, 1.165) is 18.2 Å². The van der Waals surface area contributed by atoms with E-state index in [1.165, 1.54) is 18.9 Å². The van der Waals surface area contributed by atoms with E-state index in [-0.39, 0.29) is 23.5 Å². The molecule has 0 bridgehead atoms. The molecule has 2 saturated heterocycles. The van der Waals surface area contributed by atoms with Gasteiger partial charge in [-0.1, -0.05) is 0 Å². The molecule has 1 aromatic rings. The Hall–Kier alpha value is -2.56. The highest BCUT2D eigenvalue weighted by Gasteiger charge is 2.51. The molecule has 0 aromatic heterocycles. The number of halogens is 2. The number of urea groups is 1. The van der Waals surface area contributed by atoms with Gasteiger partial charge in [-0.3, -0.25) is 14.5 Å². The number of carbonyl (C=O) groups excluding carboxylic acids is 3. The number of benzene rings is 1. The van der Waals surface area contributed by atoms with E-state index in [9.17, 15) is 31.6 Å². The molecule has 2 heterocycles. The Balaban J connectivity index is 1.78. The van der Waals surface area contributed by atoms with Crippen LogP contribution >= 0.6 is 0 Å². The second-order valence-corrected chi connectivity index (χ2v) is 9.36. The van der Waals surface area contributed by atoms with Crippen LogP contribution in [0.4, 0.5) is 13.6 Å². The summed E-state index contributed by atoms with van der Waals surface area (Å²) < 4.78 is 50.8. The Labute approximate surface area is 160 Å². The molecule has 4 amide bonds. The van der Waals surface area contributed by atoms with Gasteiger partial charge in [0.15, 0.2) is 9.84 Å². The van der Waals surface area contributed by atoms with Crippen molar-refractivity contribution in [2.45, 2.75) is 24.9 Å². The molecule has 28 heavy (non-hydrogen) atoms. The van der Waals surface area contributed by atoms with Crippen molar-refractivity contribution in [2.75, 3.05) is 25.1 Å². The zero-order valence-corrected chi connectivity index (χ0v) is 16.1. The number of hydrogen-bond donors (Lipinski definition) is 1. The number of nitrogens with zero attached hydrogens (tertiary/aromatic N) is 2. The summed E-state index contributed by atoms with van der Waals surface area (Å²) in [5.74, 6) is -3.40. The van der Waals surface area contributed by atoms with Gasteiger partial charge in [-0.2, -0.15) is 0 Å². The van der Waals surface area contributed by atoms with Crippen molar-refractivity contribution in [3.05, 3.63) is 35.4 Å². The number of likely N-dealkylation sites (N-methyl/N-ethyl adjacent to an activating group) is 1. The molecule has 1 aromatic carbocycles. The van der Waals surface area contributed by atoms with Gasteiger partial charge < -0.3 is 10.2 Å². The first kappa shape index (κ1) is 20.2. The number of nitrogens with one attached hydrogen (secondary N) is 1. The van der Waals surface area contributed by atoms with Gasteiger partial charge in [0, 0.05) is 18.7 Å². The van der Waals surface area contributed by atoms with Crippen LogP contribution in [0.25, 0.3) is 0 Å². The summed E-state index contributed by atoms with van der Waals surface area (Å²) in [6.45, 7) is 0.590. The van der Waals surface area contributed by atoms with Crippen LogP contribution in [0.1, 0.15) is 18.9 Å². The summed E-state index contributed by atoms with van der Waals surface area (Å²) in [4.78, 5) is 39.3. The summed E-state index contributed by atoms with van der Waals surface area (Å²) in [5, 5.41) is 2.31. The Morgan fingerprint density at radius 2 is 2.04 bits per heavy atom. The first-order valence-electron chi connectivity index (χ1n) is 8.50. The zero-order chi connectivity index (χ0) is 20.9. The van der Waals surface area contributed by atoms with Gasteiger partial charge in [-0.25, -0.2) is 22.0 Å². The van der Waals surface area contributed by atoms with Gasteiger partial charge >= 0.3 is 6.03 Å². The molecule has 2 atom stereocenters. The minimum absolute atomic E-state index is 0.0324. The lowest BCUT2D eigenvalue weighted by molar-refractivity contribution is -0.139. The van der Waals surface area contributed by atoms with Crippen LogP contribution in [0.2, 0.25) is 0 Å². The van der Waals surface area contributed by atoms with Crippen LogP contribution < -0.4 is 5.32 Å². The van der Waals surface area contributed by atoms with Crippen molar-refractivity contribution in [3.8, 4) is 0 Å². The Kier molecular flexibility index (Phi) is 4.90. The second kappa shape index (κ2) is 6.80. The first-order valence-corrected chi connectivity index (χ1v) is 10.3. The van der Waals surface area contributed by atoms with E-state index in [2.05, 4.69) is 5.32 Å². The van der Waals surface area contributed by atoms with Crippen molar-refractivity contribution in [1.82, 2.24) is 15.1 Å². The molecule has 0 radical (unpaired) electrons. The smallest absolute Gasteiger partial charge is 0.325 e. The third kappa shape index (κ3) is 3.46. The lowest BCUT2D eigenvalue weighted by Gasteiger charge is -2.26. The summed E-state index contributed by atoms with van der Waals surface area (Å²) in [7, 11) is -1.82. The largest absolute Gasteiger partial charge is 0.340 e. The number of hydrogen-bond acceptors (Lipinski definition) is 5. The fourth-order valence-electron chi connectivity index (χ4n) is 3.44. The normalized spacial score (nSPS) is 26.4. The topological polar surface area (TPSA) is 104 Å². The van der Waals surface area contributed by atoms with E-state index < -0.39 is 57.4 Å². The van der Waals surface area contributed by atoms with Gasteiger partial charge in [-0.15, -0.1) is 0 Å². The minimum atomic E-state index is -3.22. The summed E-state index contributed by atoms with van der Waals surface area (Å²) in [5.41, 5.74) is -2.21. The monoisotopic (exact) mass is 415 g/mol. The molecular formula is C17H19F2N3O5S. The zero-order valence-electron chi connectivity index (χ0n) is 15.2. The average Bonchev–Trinajstić information content (AvgIpc) is 3.08. The van der Waals surface area contributed by atoms with Crippen LogP contribution in [-0.2, 0) is 25.0 Å². The minimum Gasteiger partial charge on any atom is -0.340 e. The van der Waals surface area contributed by atoms with Crippen LogP contribution in [0, 0.1) is 11.6 Å². The van der Waals surface area contributed by atoms with Crippen LogP contribution in [0.5, 0.6) is 0 Å². The highest BCUT2D eigenvalue weighted by molar-refractivity contribution is 7.91. The number of imide groups is 1. The number of sulfone groups is 1. The Morgan fingerprint density at radius 3 is 2.64 bits per heavy atom. The van der Waals surface area contributed by atoms with E-state index in [0.29, 0.717) is 4.90 Å². The Morgan fingerprint density at radius 1 is 1.36 bits per heavy atom. The van der Waals surface area contributed by atoms with Crippen LogP contribution in [-0.4, -0.2) is 67.2 Å². The van der Waals surface area contributed by atoms with Gasteiger partial charge in [0.05, 0.1) is 11.5 Å². The molecule has 2 fully saturated rings. The van der Waals surface area contributed by atoms with Crippen LogP contribution in [0.3, 0.4) is 0 Å². The summed E-state index contributed by atoms with van der Waals surface area (Å²) in [6, 6.07) is 1.09. The molecule has 0 aliphatic carbocycles. The summed E-state index contributed by atoms with van der Waals surface area (Å²) >= 11 is 0. The third-order valence-electron chi connectivity index (χ3n) is 5.18. The standard InChI is InChI=1S/C17H19F2N3O5S/c1-17(12-7-10(18)3-4-13(12)19)15(24)22(16(25)20-17)8-14(23)21(2)11-5-6-28(26,27)9-11/h3-4,7,11H,5-6,8-9H2,1-2H3,(H,20,25)/t11-,17-/m1/s1. The fourth-order valence-corrected chi connectivity index (χ4v) is 5.21. The number of amides is 4. The fraction of sp³-hybridized carbons (Fsp3) is 0.471. The molecule has 0 unspecified atom stereocenters. The van der Waals surface area contributed by atoms with E-state index in [1.54, 1.807) is 0 Å². The van der Waals surface area contributed by atoms with E-state index in [1.807, 2.05) is 0 Å². The highest BCUT2D eigenvalue weighted by Crippen LogP contribution is 2.31. The molecule has 2 aliphatic heterocycles. The van der Waals surface area contributed by atoms with Gasteiger partial charge in [0.1, 0.15) is 23.7 Å². The van der Waals surface area contributed by atoms with Crippen LogP contribution in [0.15, 0.2) is 18.2 Å². The van der Waals surface area contributed by atoms with Crippen molar-refractivity contribution in [3.63, 3.8) is 0 Å². The quantitative estimate of drug-likeness (QED) is 0.716. The van der Waals surface area contributed by atoms with E-state index in [4.69, 9.17) is 0 Å². The van der Waals surface area contributed by atoms with Crippen molar-refractivity contribution >= 4 is 27.7 Å². The molecule has 3 rings (SSSR count). The first-order chi connectivity index (χ1) is 12.9. The SMILES string of the molecule is CN(C(=O)CN1C(=O)N[C@](C)(c2cc(F)ccc2F)C1=O)[C@@H]1CCS(=O)(=O)C1. The molecular weight excluding hydrogens is 396 g/mol. The van der Waals surface area contributed by atoms with Crippen molar-refractivity contribution < 1.29 is 31.6 Å². The van der Waals surface area contributed by atoms with Crippen molar-refractivity contribution in [2.24, 2.45) is 0 Å². The van der Waals surface area contributed by atoms with Gasteiger partial charge in [0.25, 0.3) is 5.91 Å². The molecule has 8 nitrogen and oxygen atoms in total. The molecule has 2 aliphatic rings. The summed E-state index contributed by atoms with van der Waals surface area (Å²) in [6.07, 6.45) is 0.275. The third-order valence-corrected chi connectivity index (χ3v) is 6.94. The van der Waals surface area contributed by atoms with Crippen molar-refractivity contribution in [1.29, 1.82) is 0 Å². The lowest BCUT2D eigenvalue weighted by Crippen LogP contribution is -2.46. The molecule has 0 spiro atoms. The maximum atomic E-state index is 14.1. The maximum absolute atomic E-state index is 14.1. The predicted molar refractivity (Wildman–Crippen MR) is 93.8 cm³/mol. The predicted octanol–water partition coefficient (Wildman–Crippen LogP) is 0.377. The second-order valence-electron chi connectivity index (χ2n) is 7.13. The Bertz CT molecular complexity index is 968. The molecule has 1 N–H and O–H groups in total. The average molecular weight is 415 g/mol. The maximum Gasteiger partial charge on any atom is 0.325 e. The lowest BCUT2D eigenvalue weighted by atomic mass is 9.91. The van der Waals surface area contributed by atoms with E-state index >= 15 is 0 Å². The van der Waals surface area contributed by atoms with Gasteiger partial charge in [-0.05, 0) is 31.5 Å².